The summed E-state index contributed by atoms with van der Waals surface area (Å²) in [7, 11) is -3.34. The summed E-state index contributed by atoms with van der Waals surface area (Å²) in [6.07, 6.45) is 2.83. The van der Waals surface area contributed by atoms with E-state index < -0.39 is 9.84 Å². The molecule has 0 unspecified atom stereocenters. The Morgan fingerprint density at radius 1 is 1.17 bits per heavy atom. The van der Waals surface area contributed by atoms with Crippen molar-refractivity contribution < 1.29 is 27.9 Å². The molecule has 0 amide bonds. The number of rotatable bonds is 5. The maximum atomic E-state index is 12.3. The van der Waals surface area contributed by atoms with Gasteiger partial charge in [0.15, 0.2) is 21.4 Å². The van der Waals surface area contributed by atoms with Gasteiger partial charge in [0.2, 0.25) is 5.88 Å². The number of sulfone groups is 1. The quantitative estimate of drug-likeness (QED) is 0.452. The maximum absolute atomic E-state index is 12.3. The summed E-state index contributed by atoms with van der Waals surface area (Å²) in [6.45, 7) is 1.69. The highest BCUT2D eigenvalue weighted by Crippen LogP contribution is 2.34. The zero-order valence-corrected chi connectivity index (χ0v) is 16.9. The lowest BCUT2D eigenvalue weighted by Gasteiger charge is -2.23. The number of aromatic nitrogens is 1. The van der Waals surface area contributed by atoms with Crippen molar-refractivity contribution in [3.8, 4) is 11.6 Å². The van der Waals surface area contributed by atoms with Crippen molar-refractivity contribution in [2.45, 2.75) is 37.0 Å². The third kappa shape index (κ3) is 4.71. The summed E-state index contributed by atoms with van der Waals surface area (Å²) in [5.41, 5.74) is 0.693. The molecule has 2 aromatic rings. The molecule has 0 radical (unpaired) electrons. The smallest absolute Gasteiger partial charge is 0.219 e. The van der Waals surface area contributed by atoms with Crippen LogP contribution in [-0.4, -0.2) is 36.3 Å². The molecule has 1 N–H and O–H groups in total. The topological polar surface area (TPSA) is 111 Å². The fourth-order valence-corrected chi connectivity index (χ4v) is 3.77. The van der Waals surface area contributed by atoms with Crippen molar-refractivity contribution in [3.05, 3.63) is 59.5 Å². The standard InChI is InChI=1S/C21H21NO6S/c1-3-17(23)21-18(24)10-14(11-19(21)25)13-5-4-6-15(9-13)28-20-8-7-16(12-22-20)29(2,26)27/h4-9,12,14,23H,3,10-11H2,1-2H3. The highest BCUT2D eigenvalue weighted by Gasteiger charge is 2.33. The Balaban J connectivity index is 1.78. The predicted octanol–water partition coefficient (Wildman–Crippen LogP) is 3.52. The van der Waals surface area contributed by atoms with E-state index in [9.17, 15) is 23.1 Å². The summed E-state index contributed by atoms with van der Waals surface area (Å²) in [5, 5.41) is 9.83. The fraction of sp³-hybridized carbons (Fsp3) is 0.286. The van der Waals surface area contributed by atoms with Crippen LogP contribution in [0, 0.1) is 0 Å². The van der Waals surface area contributed by atoms with Gasteiger partial charge in [-0.2, -0.15) is 0 Å². The molecule has 1 saturated carbocycles. The van der Waals surface area contributed by atoms with E-state index >= 15 is 0 Å². The summed E-state index contributed by atoms with van der Waals surface area (Å²) < 4.78 is 28.7. The van der Waals surface area contributed by atoms with Crippen LogP contribution in [0.25, 0.3) is 0 Å². The van der Waals surface area contributed by atoms with Crippen molar-refractivity contribution in [1.29, 1.82) is 0 Å². The first-order valence-electron chi connectivity index (χ1n) is 9.11. The third-order valence-electron chi connectivity index (χ3n) is 4.73. The first-order chi connectivity index (χ1) is 13.7. The van der Waals surface area contributed by atoms with Crippen LogP contribution >= 0.6 is 0 Å². The van der Waals surface area contributed by atoms with Gasteiger partial charge >= 0.3 is 0 Å². The molecule has 1 fully saturated rings. The number of ether oxygens (including phenoxy) is 1. The fourth-order valence-electron chi connectivity index (χ4n) is 3.21. The van der Waals surface area contributed by atoms with Crippen LogP contribution < -0.4 is 4.74 Å². The number of ketones is 2. The molecule has 0 atom stereocenters. The Kier molecular flexibility index (Phi) is 5.83. The minimum atomic E-state index is -3.34. The number of Topliss-reactive ketones (excluding diaryl/α,β-unsaturated/α-hetero) is 2. The van der Waals surface area contributed by atoms with Crippen LogP contribution in [0.2, 0.25) is 0 Å². The molecule has 0 spiro atoms. The van der Waals surface area contributed by atoms with Crippen molar-refractivity contribution in [2.75, 3.05) is 6.26 Å². The SMILES string of the molecule is CCC(O)=C1C(=O)CC(c2cccc(Oc3ccc(S(C)(=O)=O)cn3)c2)CC1=O. The van der Waals surface area contributed by atoms with E-state index in [0.29, 0.717) is 5.75 Å². The highest BCUT2D eigenvalue weighted by atomic mass is 32.2. The van der Waals surface area contributed by atoms with E-state index in [-0.39, 0.29) is 58.9 Å². The monoisotopic (exact) mass is 415 g/mol. The number of benzene rings is 1. The van der Waals surface area contributed by atoms with Crippen molar-refractivity contribution >= 4 is 21.4 Å². The third-order valence-corrected chi connectivity index (χ3v) is 5.83. The molecule has 29 heavy (non-hydrogen) atoms. The predicted molar refractivity (Wildman–Crippen MR) is 106 cm³/mol. The number of nitrogens with zero attached hydrogens (tertiary/aromatic N) is 1. The first-order valence-corrected chi connectivity index (χ1v) is 11.0. The zero-order valence-electron chi connectivity index (χ0n) is 16.1. The van der Waals surface area contributed by atoms with E-state index in [4.69, 9.17) is 4.74 Å². The molecule has 1 aliphatic rings. The normalized spacial score (nSPS) is 17.3. The summed E-state index contributed by atoms with van der Waals surface area (Å²) in [4.78, 5) is 28.8. The largest absolute Gasteiger partial charge is 0.511 e. The number of aliphatic hydroxyl groups excluding tert-OH is 1. The molecule has 0 bridgehead atoms. The number of hydrogen-bond donors (Lipinski definition) is 1. The van der Waals surface area contributed by atoms with Crippen LogP contribution in [0.1, 0.15) is 37.7 Å². The van der Waals surface area contributed by atoms with E-state index in [0.717, 1.165) is 11.8 Å². The van der Waals surface area contributed by atoms with Gasteiger partial charge in [-0.15, -0.1) is 0 Å². The van der Waals surface area contributed by atoms with Gasteiger partial charge in [-0.25, -0.2) is 13.4 Å². The summed E-state index contributed by atoms with van der Waals surface area (Å²) in [6, 6.07) is 9.86. The van der Waals surface area contributed by atoms with Crippen LogP contribution in [0.4, 0.5) is 0 Å². The molecule has 0 aliphatic heterocycles. The number of pyridine rings is 1. The Bertz CT molecular complexity index is 1070. The Labute approximate surface area is 169 Å². The minimum Gasteiger partial charge on any atom is -0.511 e. The Morgan fingerprint density at radius 2 is 1.86 bits per heavy atom. The Morgan fingerprint density at radius 3 is 2.41 bits per heavy atom. The molecule has 8 heteroatoms. The van der Waals surface area contributed by atoms with E-state index in [1.54, 1.807) is 25.1 Å². The number of hydrogen-bond acceptors (Lipinski definition) is 7. The number of aliphatic hydroxyl groups is 1. The minimum absolute atomic E-state index is 0.0775. The Hall–Kier alpha value is -3.00. The van der Waals surface area contributed by atoms with Crippen molar-refractivity contribution in [3.63, 3.8) is 0 Å². The van der Waals surface area contributed by atoms with E-state index in [1.165, 1.54) is 18.3 Å². The molecule has 1 aromatic heterocycles. The van der Waals surface area contributed by atoms with Crippen LogP contribution in [0.3, 0.4) is 0 Å². The molecule has 1 aromatic carbocycles. The number of carbonyl (C=O) groups is 2. The lowest BCUT2D eigenvalue weighted by Crippen LogP contribution is -2.26. The van der Waals surface area contributed by atoms with Crippen LogP contribution in [0.15, 0.2) is 58.8 Å². The molecular weight excluding hydrogens is 394 g/mol. The van der Waals surface area contributed by atoms with Gasteiger partial charge in [-0.05, 0) is 29.7 Å². The second kappa shape index (κ2) is 8.16. The van der Waals surface area contributed by atoms with E-state index in [1.807, 2.05) is 6.07 Å². The van der Waals surface area contributed by atoms with Gasteiger partial charge in [0.1, 0.15) is 11.5 Å². The molecular formula is C21H21NO6S. The molecule has 3 rings (SSSR count). The first kappa shape index (κ1) is 20.7. The zero-order chi connectivity index (χ0) is 21.2. The molecule has 1 heterocycles. The molecule has 0 saturated heterocycles. The molecule has 152 valence electrons. The second-order valence-electron chi connectivity index (χ2n) is 6.91. The van der Waals surface area contributed by atoms with Gasteiger partial charge in [0, 0.05) is 37.8 Å². The summed E-state index contributed by atoms with van der Waals surface area (Å²) >= 11 is 0. The van der Waals surface area contributed by atoms with Crippen molar-refractivity contribution in [2.24, 2.45) is 0 Å². The lowest BCUT2D eigenvalue weighted by molar-refractivity contribution is -0.124. The molecule has 1 aliphatic carbocycles. The van der Waals surface area contributed by atoms with Gasteiger partial charge in [-0.3, -0.25) is 9.59 Å². The van der Waals surface area contributed by atoms with E-state index in [2.05, 4.69) is 4.98 Å². The lowest BCUT2D eigenvalue weighted by atomic mass is 9.79. The van der Waals surface area contributed by atoms with Gasteiger partial charge in [-0.1, -0.05) is 19.1 Å². The summed E-state index contributed by atoms with van der Waals surface area (Å²) in [5.74, 6) is -0.472. The highest BCUT2D eigenvalue weighted by molar-refractivity contribution is 7.90. The number of allylic oxidation sites excluding steroid dienone is 2. The van der Waals surface area contributed by atoms with Gasteiger partial charge in [0.05, 0.1) is 10.5 Å². The average molecular weight is 415 g/mol. The molecule has 7 nitrogen and oxygen atoms in total. The van der Waals surface area contributed by atoms with Gasteiger partial charge < -0.3 is 9.84 Å². The maximum Gasteiger partial charge on any atom is 0.219 e. The van der Waals surface area contributed by atoms with Crippen molar-refractivity contribution in [1.82, 2.24) is 4.98 Å². The van der Waals surface area contributed by atoms with Crippen LogP contribution in [0.5, 0.6) is 11.6 Å². The van der Waals surface area contributed by atoms with Crippen LogP contribution in [-0.2, 0) is 19.4 Å². The average Bonchev–Trinajstić information content (AvgIpc) is 2.67. The second-order valence-corrected chi connectivity index (χ2v) is 8.92. The van der Waals surface area contributed by atoms with Gasteiger partial charge in [0.25, 0.3) is 0 Å². The number of carbonyl (C=O) groups excluding carboxylic acids is 2.